The van der Waals surface area contributed by atoms with Crippen molar-refractivity contribution in [2.45, 2.75) is 13.0 Å². The van der Waals surface area contributed by atoms with Crippen LogP contribution in [0.2, 0.25) is 0 Å². The number of benzene rings is 1. The first-order valence-electron chi connectivity index (χ1n) is 8.58. The summed E-state index contributed by atoms with van der Waals surface area (Å²) in [5, 5.41) is 4.09. The monoisotopic (exact) mass is 381 g/mol. The Morgan fingerprint density at radius 1 is 1.19 bits per heavy atom. The summed E-state index contributed by atoms with van der Waals surface area (Å²) in [6.45, 7) is 1.09. The van der Waals surface area contributed by atoms with Crippen molar-refractivity contribution >= 4 is 17.2 Å². The molecule has 6 nitrogen and oxygen atoms in total. The normalized spacial score (nSPS) is 13.2. The predicted octanol–water partition coefficient (Wildman–Crippen LogP) is 3.42. The molecule has 0 saturated heterocycles. The van der Waals surface area contributed by atoms with Crippen LogP contribution in [0.4, 0.5) is 0 Å². The highest BCUT2D eigenvalue weighted by atomic mass is 32.1. The van der Waals surface area contributed by atoms with Crippen molar-refractivity contribution in [3.63, 3.8) is 0 Å². The summed E-state index contributed by atoms with van der Waals surface area (Å²) in [4.78, 5) is 23.9. The largest absolute Gasteiger partial charge is 0.497 e. The van der Waals surface area contributed by atoms with Gasteiger partial charge in [-0.2, -0.15) is 11.3 Å². The average molecular weight is 381 g/mol. The molecule has 0 atom stereocenters. The second-order valence-corrected chi connectivity index (χ2v) is 6.98. The van der Waals surface area contributed by atoms with E-state index in [1.165, 1.54) is 0 Å². The molecule has 1 amide bonds. The Hall–Kier alpha value is -2.93. The van der Waals surface area contributed by atoms with Gasteiger partial charge in [-0.05, 0) is 23.6 Å². The van der Waals surface area contributed by atoms with Gasteiger partial charge in [0.2, 0.25) is 0 Å². The summed E-state index contributed by atoms with van der Waals surface area (Å²) in [5.74, 6) is 1.09. The number of thiophene rings is 1. The summed E-state index contributed by atoms with van der Waals surface area (Å²) in [6, 6.07) is 7.29. The molecule has 0 fully saturated rings. The van der Waals surface area contributed by atoms with Gasteiger partial charge in [0.1, 0.15) is 17.8 Å². The van der Waals surface area contributed by atoms with E-state index in [0.29, 0.717) is 36.6 Å². The zero-order valence-corrected chi connectivity index (χ0v) is 16.0. The number of nitrogens with zero attached hydrogens (tertiary/aromatic N) is 3. The summed E-state index contributed by atoms with van der Waals surface area (Å²) < 4.78 is 10.6. The van der Waals surface area contributed by atoms with Crippen LogP contribution in [0.1, 0.15) is 21.6 Å². The molecule has 0 spiro atoms. The van der Waals surface area contributed by atoms with Crippen molar-refractivity contribution in [1.29, 1.82) is 0 Å². The van der Waals surface area contributed by atoms with Crippen LogP contribution >= 0.6 is 11.3 Å². The van der Waals surface area contributed by atoms with E-state index in [9.17, 15) is 4.79 Å². The van der Waals surface area contributed by atoms with E-state index in [1.807, 2.05) is 16.3 Å². The fourth-order valence-electron chi connectivity index (χ4n) is 3.31. The number of methoxy groups -OCH3 is 2. The molecule has 3 heterocycles. The fraction of sp³-hybridized carbons (Fsp3) is 0.250. The Morgan fingerprint density at radius 2 is 2.07 bits per heavy atom. The molecule has 138 valence electrons. The number of hydrogen-bond acceptors (Lipinski definition) is 6. The first-order valence-corrected chi connectivity index (χ1v) is 9.52. The zero-order chi connectivity index (χ0) is 18.8. The van der Waals surface area contributed by atoms with Crippen LogP contribution in [0.3, 0.4) is 0 Å². The molecule has 1 aromatic carbocycles. The van der Waals surface area contributed by atoms with Gasteiger partial charge >= 0.3 is 0 Å². The van der Waals surface area contributed by atoms with Gasteiger partial charge in [-0.3, -0.25) is 4.79 Å². The highest BCUT2D eigenvalue weighted by molar-refractivity contribution is 7.08. The Kier molecular flexibility index (Phi) is 4.77. The van der Waals surface area contributed by atoms with E-state index in [1.54, 1.807) is 50.1 Å². The molecular weight excluding hydrogens is 362 g/mol. The van der Waals surface area contributed by atoms with Gasteiger partial charge in [-0.15, -0.1) is 0 Å². The number of ether oxygens (including phenoxy) is 2. The van der Waals surface area contributed by atoms with Crippen LogP contribution in [0.15, 0.2) is 41.4 Å². The summed E-state index contributed by atoms with van der Waals surface area (Å²) >= 11 is 1.63. The molecule has 0 saturated carbocycles. The Labute approximate surface area is 161 Å². The minimum atomic E-state index is -0.0692. The van der Waals surface area contributed by atoms with Crippen molar-refractivity contribution in [3.8, 4) is 22.8 Å². The van der Waals surface area contributed by atoms with E-state index in [4.69, 9.17) is 9.47 Å². The SMILES string of the molecule is COc1ccc(C(=O)N2CCc3ncnc(-c4ccsc4)c3C2)c(OC)c1. The maximum atomic E-state index is 13.2. The lowest BCUT2D eigenvalue weighted by atomic mass is 10.00. The van der Waals surface area contributed by atoms with Crippen LogP contribution in [-0.2, 0) is 13.0 Å². The number of carbonyl (C=O) groups excluding carboxylic acids is 1. The van der Waals surface area contributed by atoms with E-state index in [-0.39, 0.29) is 5.91 Å². The first-order chi connectivity index (χ1) is 13.2. The fourth-order valence-corrected chi connectivity index (χ4v) is 3.95. The standard InChI is InChI=1S/C20H19N3O3S/c1-25-14-3-4-15(18(9-14)26-2)20(24)23-7-5-17-16(10-23)19(22-12-21-17)13-6-8-27-11-13/h3-4,6,8-9,11-12H,5,7,10H2,1-2H3. The van der Waals surface area contributed by atoms with Crippen molar-refractivity contribution in [2.75, 3.05) is 20.8 Å². The molecule has 27 heavy (non-hydrogen) atoms. The van der Waals surface area contributed by atoms with Crippen LogP contribution < -0.4 is 9.47 Å². The molecule has 0 N–H and O–H groups in total. The summed E-state index contributed by atoms with van der Waals surface area (Å²) in [5.41, 5.74) is 4.52. The molecule has 1 aliphatic rings. The smallest absolute Gasteiger partial charge is 0.257 e. The first kappa shape index (κ1) is 17.5. The second-order valence-electron chi connectivity index (χ2n) is 6.20. The number of fused-ring (bicyclic) bond motifs is 1. The molecule has 0 unspecified atom stereocenters. The molecule has 7 heteroatoms. The molecule has 4 rings (SSSR count). The molecule has 3 aromatic rings. The maximum Gasteiger partial charge on any atom is 0.257 e. The quantitative estimate of drug-likeness (QED) is 0.693. The molecular formula is C20H19N3O3S. The van der Waals surface area contributed by atoms with E-state index < -0.39 is 0 Å². The number of hydrogen-bond donors (Lipinski definition) is 0. The van der Waals surface area contributed by atoms with Gasteiger partial charge in [0.25, 0.3) is 5.91 Å². The number of rotatable bonds is 4. The molecule has 1 aliphatic heterocycles. The Balaban J connectivity index is 1.66. The third-order valence-electron chi connectivity index (χ3n) is 4.72. The van der Waals surface area contributed by atoms with E-state index >= 15 is 0 Å². The third kappa shape index (κ3) is 3.26. The average Bonchev–Trinajstić information content (AvgIpc) is 3.26. The minimum Gasteiger partial charge on any atom is -0.497 e. The molecule has 0 bridgehead atoms. The second kappa shape index (κ2) is 7.36. The van der Waals surface area contributed by atoms with Gasteiger partial charge < -0.3 is 14.4 Å². The Morgan fingerprint density at radius 3 is 2.81 bits per heavy atom. The van der Waals surface area contributed by atoms with E-state index in [2.05, 4.69) is 15.3 Å². The molecule has 2 aromatic heterocycles. The van der Waals surface area contributed by atoms with E-state index in [0.717, 1.165) is 22.5 Å². The van der Waals surface area contributed by atoms with Gasteiger partial charge in [0, 0.05) is 42.1 Å². The lowest BCUT2D eigenvalue weighted by Gasteiger charge is -2.29. The van der Waals surface area contributed by atoms with Gasteiger partial charge in [-0.1, -0.05) is 0 Å². The van der Waals surface area contributed by atoms with Crippen molar-refractivity contribution in [2.24, 2.45) is 0 Å². The third-order valence-corrected chi connectivity index (χ3v) is 5.41. The van der Waals surface area contributed by atoms with Gasteiger partial charge in [0.05, 0.1) is 31.2 Å². The maximum absolute atomic E-state index is 13.2. The molecule has 0 aliphatic carbocycles. The lowest BCUT2D eigenvalue weighted by molar-refractivity contribution is 0.0730. The number of amides is 1. The van der Waals surface area contributed by atoms with Gasteiger partial charge in [0.15, 0.2) is 0 Å². The molecule has 0 radical (unpaired) electrons. The lowest BCUT2D eigenvalue weighted by Crippen LogP contribution is -2.37. The van der Waals surface area contributed by atoms with Crippen molar-refractivity contribution in [1.82, 2.24) is 14.9 Å². The summed E-state index contributed by atoms with van der Waals surface area (Å²) in [7, 11) is 3.14. The number of aromatic nitrogens is 2. The Bertz CT molecular complexity index is 973. The van der Waals surface area contributed by atoms with Crippen molar-refractivity contribution in [3.05, 3.63) is 58.2 Å². The van der Waals surface area contributed by atoms with Crippen LogP contribution in [0.25, 0.3) is 11.3 Å². The summed E-state index contributed by atoms with van der Waals surface area (Å²) in [6.07, 6.45) is 2.31. The predicted molar refractivity (Wildman–Crippen MR) is 103 cm³/mol. The van der Waals surface area contributed by atoms with Crippen molar-refractivity contribution < 1.29 is 14.3 Å². The van der Waals surface area contributed by atoms with Crippen LogP contribution in [-0.4, -0.2) is 41.5 Å². The van der Waals surface area contributed by atoms with Crippen LogP contribution in [0.5, 0.6) is 11.5 Å². The number of carbonyl (C=O) groups is 1. The van der Waals surface area contributed by atoms with Gasteiger partial charge in [-0.25, -0.2) is 9.97 Å². The minimum absolute atomic E-state index is 0.0692. The highest BCUT2D eigenvalue weighted by Gasteiger charge is 2.27. The zero-order valence-electron chi connectivity index (χ0n) is 15.1. The topological polar surface area (TPSA) is 64.5 Å². The highest BCUT2D eigenvalue weighted by Crippen LogP contribution is 2.31. The van der Waals surface area contributed by atoms with Crippen LogP contribution in [0, 0.1) is 0 Å².